The molecule has 258 valence electrons. The number of nitrogens with zero attached hydrogens (tertiary/aromatic N) is 5. The molecule has 0 saturated carbocycles. The van der Waals surface area contributed by atoms with Crippen LogP contribution in [0.3, 0.4) is 0 Å². The molecule has 7 aromatic carbocycles. The van der Waals surface area contributed by atoms with Crippen LogP contribution in [-0.4, -0.2) is 24.5 Å². The Bertz CT molecular complexity index is 2790. The molecule has 0 amide bonds. The second-order valence-electron chi connectivity index (χ2n) is 13.5. The molecule has 5 nitrogen and oxygen atoms in total. The fraction of sp³-hybridized carbons (Fsp3) is 0. The van der Waals surface area contributed by atoms with Gasteiger partial charge in [0.25, 0.3) is 0 Å². The van der Waals surface area contributed by atoms with Crippen molar-refractivity contribution in [2.75, 3.05) is 0 Å². The van der Waals surface area contributed by atoms with Crippen molar-refractivity contribution in [3.8, 4) is 73.2 Å². The van der Waals surface area contributed by atoms with Crippen molar-refractivity contribution in [2.24, 2.45) is 0 Å². The summed E-state index contributed by atoms with van der Waals surface area (Å²) in [5.41, 5.74) is 12.6. The fourth-order valence-electron chi connectivity index (χ4n) is 7.46. The van der Waals surface area contributed by atoms with Crippen molar-refractivity contribution in [3.63, 3.8) is 0 Å². The van der Waals surface area contributed by atoms with Crippen LogP contribution in [0.25, 0.3) is 95.0 Å². The zero-order valence-corrected chi connectivity index (χ0v) is 29.8. The zero-order valence-electron chi connectivity index (χ0n) is 29.8. The average molecular weight is 704 g/mol. The van der Waals surface area contributed by atoms with Crippen LogP contribution in [0.5, 0.6) is 0 Å². The molecule has 0 unspecified atom stereocenters. The highest BCUT2D eigenvalue weighted by molar-refractivity contribution is 6.11. The Kier molecular flexibility index (Phi) is 8.08. The van der Waals surface area contributed by atoms with E-state index in [4.69, 9.17) is 15.0 Å². The van der Waals surface area contributed by atoms with Gasteiger partial charge in [-0.1, -0.05) is 152 Å². The van der Waals surface area contributed by atoms with Crippen molar-refractivity contribution >= 4 is 21.8 Å². The molecular formula is C50H33N5. The van der Waals surface area contributed by atoms with Gasteiger partial charge in [0.15, 0.2) is 17.5 Å². The Morgan fingerprint density at radius 2 is 0.709 bits per heavy atom. The molecule has 0 atom stereocenters. The summed E-state index contributed by atoms with van der Waals surface area (Å²) in [6, 6.07) is 65.7. The highest BCUT2D eigenvalue weighted by atomic mass is 15.1. The molecule has 3 aromatic heterocycles. The van der Waals surface area contributed by atoms with Crippen LogP contribution in [0.15, 0.2) is 200 Å². The summed E-state index contributed by atoms with van der Waals surface area (Å²) in [4.78, 5) is 19.8. The first kappa shape index (κ1) is 32.2. The highest BCUT2D eigenvalue weighted by Gasteiger charge is 2.21. The first-order valence-electron chi connectivity index (χ1n) is 18.4. The van der Waals surface area contributed by atoms with Gasteiger partial charge in [0, 0.05) is 39.9 Å². The van der Waals surface area contributed by atoms with Crippen LogP contribution < -0.4 is 0 Å². The second kappa shape index (κ2) is 13.8. The van der Waals surface area contributed by atoms with Gasteiger partial charge in [-0.2, -0.15) is 0 Å². The van der Waals surface area contributed by atoms with Gasteiger partial charge in [0.05, 0.1) is 16.7 Å². The van der Waals surface area contributed by atoms with E-state index >= 15 is 0 Å². The fourth-order valence-corrected chi connectivity index (χ4v) is 7.46. The number of benzene rings is 7. The Morgan fingerprint density at radius 3 is 1.20 bits per heavy atom. The molecule has 0 saturated heterocycles. The van der Waals surface area contributed by atoms with Gasteiger partial charge in [0.2, 0.25) is 0 Å². The molecule has 10 aromatic rings. The summed E-state index contributed by atoms with van der Waals surface area (Å²) in [5, 5.41) is 2.33. The predicted molar refractivity (Wildman–Crippen MR) is 225 cm³/mol. The lowest BCUT2D eigenvalue weighted by atomic mass is 10.0. The molecule has 0 aliphatic carbocycles. The minimum atomic E-state index is 0.595. The van der Waals surface area contributed by atoms with E-state index in [1.54, 1.807) is 0 Å². The van der Waals surface area contributed by atoms with E-state index in [2.05, 4.69) is 137 Å². The summed E-state index contributed by atoms with van der Waals surface area (Å²) in [6.07, 6.45) is 3.68. The SMILES string of the molecule is c1ccc(-c2ccc3c4ccc(-c5ccccc5)cc4n(-c4cc(-c5ccncc5)ccc4-c4nc(-c5ccccc5)nc(-c5ccccc5)n4)c3c2)cc1. The smallest absolute Gasteiger partial charge is 0.166 e. The minimum Gasteiger partial charge on any atom is -0.308 e. The lowest BCUT2D eigenvalue weighted by molar-refractivity contribution is 1.06. The lowest BCUT2D eigenvalue weighted by Crippen LogP contribution is -2.04. The Morgan fingerprint density at radius 1 is 0.309 bits per heavy atom. The number of fused-ring (bicyclic) bond motifs is 3. The average Bonchev–Trinajstić information content (AvgIpc) is 3.60. The molecule has 0 aliphatic rings. The van der Waals surface area contributed by atoms with E-state index in [1.807, 2.05) is 73.1 Å². The van der Waals surface area contributed by atoms with Gasteiger partial charge >= 0.3 is 0 Å². The topological polar surface area (TPSA) is 56.5 Å². The van der Waals surface area contributed by atoms with Crippen molar-refractivity contribution in [1.82, 2.24) is 24.5 Å². The van der Waals surface area contributed by atoms with Crippen molar-refractivity contribution in [2.45, 2.75) is 0 Å². The first-order chi connectivity index (χ1) is 27.3. The Balaban J connectivity index is 1.31. The van der Waals surface area contributed by atoms with Crippen LogP contribution >= 0.6 is 0 Å². The van der Waals surface area contributed by atoms with Gasteiger partial charge < -0.3 is 4.57 Å². The quantitative estimate of drug-likeness (QED) is 0.166. The number of hydrogen-bond acceptors (Lipinski definition) is 4. The molecule has 0 N–H and O–H groups in total. The van der Waals surface area contributed by atoms with Crippen molar-refractivity contribution in [3.05, 3.63) is 200 Å². The number of hydrogen-bond donors (Lipinski definition) is 0. The summed E-state index contributed by atoms with van der Waals surface area (Å²) in [7, 11) is 0. The maximum absolute atomic E-state index is 5.22. The summed E-state index contributed by atoms with van der Waals surface area (Å²) in [5.74, 6) is 1.83. The van der Waals surface area contributed by atoms with Gasteiger partial charge in [-0.05, 0) is 69.8 Å². The molecule has 5 heteroatoms. The van der Waals surface area contributed by atoms with Crippen LogP contribution in [-0.2, 0) is 0 Å². The largest absolute Gasteiger partial charge is 0.308 e. The van der Waals surface area contributed by atoms with Crippen LogP contribution in [0.4, 0.5) is 0 Å². The molecule has 10 rings (SSSR count). The Hall–Kier alpha value is -7.50. The van der Waals surface area contributed by atoms with E-state index in [0.717, 1.165) is 66.8 Å². The van der Waals surface area contributed by atoms with Crippen LogP contribution in [0.1, 0.15) is 0 Å². The van der Waals surface area contributed by atoms with Gasteiger partial charge in [-0.25, -0.2) is 15.0 Å². The van der Waals surface area contributed by atoms with E-state index < -0.39 is 0 Å². The monoisotopic (exact) mass is 703 g/mol. The molecule has 0 fully saturated rings. The number of aromatic nitrogens is 5. The standard InChI is InChI=1S/C50H33N5/c1-5-13-34(14-6-1)39-21-24-42-43-25-22-40(35-15-7-2-8-16-35)32-46(43)55(45(42)31-39)47-33-41(36-27-29-51-30-28-36)23-26-44(47)50-53-48(37-17-9-3-10-18-37)52-49(54-50)38-19-11-4-12-20-38/h1-33H. The number of pyridine rings is 1. The van der Waals surface area contributed by atoms with Crippen molar-refractivity contribution < 1.29 is 0 Å². The third kappa shape index (κ3) is 6.04. The van der Waals surface area contributed by atoms with Crippen LogP contribution in [0.2, 0.25) is 0 Å². The summed E-state index contributed by atoms with van der Waals surface area (Å²) < 4.78 is 2.40. The molecule has 0 radical (unpaired) electrons. The Labute approximate surface area is 318 Å². The van der Waals surface area contributed by atoms with E-state index in [9.17, 15) is 0 Å². The lowest BCUT2D eigenvalue weighted by Gasteiger charge is -2.17. The third-order valence-corrected chi connectivity index (χ3v) is 10.2. The molecule has 0 bridgehead atoms. The third-order valence-electron chi connectivity index (χ3n) is 10.2. The summed E-state index contributed by atoms with van der Waals surface area (Å²) >= 11 is 0. The minimum absolute atomic E-state index is 0.595. The molecule has 0 aliphatic heterocycles. The maximum Gasteiger partial charge on any atom is 0.166 e. The molecular weight excluding hydrogens is 671 g/mol. The molecule has 55 heavy (non-hydrogen) atoms. The number of rotatable bonds is 7. The van der Waals surface area contributed by atoms with Gasteiger partial charge in [-0.3, -0.25) is 4.98 Å². The highest BCUT2D eigenvalue weighted by Crippen LogP contribution is 2.41. The van der Waals surface area contributed by atoms with Crippen molar-refractivity contribution in [1.29, 1.82) is 0 Å². The molecule has 3 heterocycles. The molecule has 0 spiro atoms. The summed E-state index contributed by atoms with van der Waals surface area (Å²) in [6.45, 7) is 0. The maximum atomic E-state index is 5.22. The van der Waals surface area contributed by atoms with Crippen LogP contribution in [0, 0.1) is 0 Å². The van der Waals surface area contributed by atoms with E-state index in [0.29, 0.717) is 17.5 Å². The first-order valence-corrected chi connectivity index (χ1v) is 18.4. The van der Waals surface area contributed by atoms with Gasteiger partial charge in [-0.15, -0.1) is 0 Å². The van der Waals surface area contributed by atoms with Gasteiger partial charge in [0.1, 0.15) is 0 Å². The van der Waals surface area contributed by atoms with E-state index in [1.165, 1.54) is 10.8 Å². The normalized spacial score (nSPS) is 11.3. The predicted octanol–water partition coefficient (Wildman–Crippen LogP) is 12.4. The zero-order chi connectivity index (χ0) is 36.6. The van der Waals surface area contributed by atoms with E-state index in [-0.39, 0.29) is 0 Å². The second-order valence-corrected chi connectivity index (χ2v) is 13.5.